The largest absolute Gasteiger partial charge is 0.368 e. The SMILES string of the molecule is NC(=O)C1(NC2CCCC2)CCCNC1. The fourth-order valence-electron chi connectivity index (χ4n) is 2.77. The van der Waals surface area contributed by atoms with Gasteiger partial charge in [0.15, 0.2) is 0 Å². The third kappa shape index (κ3) is 2.32. The summed E-state index contributed by atoms with van der Waals surface area (Å²) in [5, 5.41) is 6.76. The smallest absolute Gasteiger partial charge is 0.239 e. The van der Waals surface area contributed by atoms with Crippen molar-refractivity contribution in [2.45, 2.75) is 50.1 Å². The minimum absolute atomic E-state index is 0.193. The summed E-state index contributed by atoms with van der Waals surface area (Å²) in [4.78, 5) is 11.6. The molecule has 2 fully saturated rings. The number of piperidine rings is 1. The van der Waals surface area contributed by atoms with Gasteiger partial charge >= 0.3 is 0 Å². The van der Waals surface area contributed by atoms with Gasteiger partial charge in [-0.2, -0.15) is 0 Å². The highest BCUT2D eigenvalue weighted by molar-refractivity contribution is 5.85. The van der Waals surface area contributed by atoms with Gasteiger partial charge in [0.05, 0.1) is 0 Å². The van der Waals surface area contributed by atoms with Gasteiger partial charge in [-0.05, 0) is 32.2 Å². The van der Waals surface area contributed by atoms with E-state index in [4.69, 9.17) is 5.73 Å². The molecule has 0 aromatic rings. The Morgan fingerprint density at radius 2 is 2.07 bits per heavy atom. The second-order valence-corrected chi connectivity index (χ2v) is 4.85. The Balaban J connectivity index is 2.00. The quantitative estimate of drug-likeness (QED) is 0.621. The van der Waals surface area contributed by atoms with E-state index in [1.54, 1.807) is 0 Å². The molecule has 0 aromatic carbocycles. The van der Waals surface area contributed by atoms with Crippen molar-refractivity contribution in [2.24, 2.45) is 5.73 Å². The topological polar surface area (TPSA) is 67.2 Å². The molecule has 15 heavy (non-hydrogen) atoms. The molecule has 1 saturated carbocycles. The maximum Gasteiger partial charge on any atom is 0.239 e. The highest BCUT2D eigenvalue weighted by atomic mass is 16.1. The van der Waals surface area contributed by atoms with Crippen molar-refractivity contribution in [3.05, 3.63) is 0 Å². The maximum absolute atomic E-state index is 11.6. The van der Waals surface area contributed by atoms with Crippen molar-refractivity contribution in [1.82, 2.24) is 10.6 Å². The van der Waals surface area contributed by atoms with Gasteiger partial charge in [-0.15, -0.1) is 0 Å². The van der Waals surface area contributed by atoms with E-state index in [1.165, 1.54) is 25.7 Å². The van der Waals surface area contributed by atoms with Crippen LogP contribution < -0.4 is 16.4 Å². The van der Waals surface area contributed by atoms with Gasteiger partial charge in [0, 0.05) is 12.6 Å². The molecule has 1 amide bonds. The molecule has 1 atom stereocenters. The van der Waals surface area contributed by atoms with Crippen molar-refractivity contribution in [3.8, 4) is 0 Å². The van der Waals surface area contributed by atoms with E-state index >= 15 is 0 Å². The summed E-state index contributed by atoms with van der Waals surface area (Å²) >= 11 is 0. The van der Waals surface area contributed by atoms with Gasteiger partial charge in [-0.1, -0.05) is 12.8 Å². The van der Waals surface area contributed by atoms with Gasteiger partial charge < -0.3 is 11.1 Å². The molecule has 1 saturated heterocycles. The number of rotatable bonds is 3. The number of amides is 1. The first-order valence-electron chi connectivity index (χ1n) is 6.01. The third-order valence-electron chi connectivity index (χ3n) is 3.69. The second kappa shape index (κ2) is 4.49. The standard InChI is InChI=1S/C11H21N3O/c12-10(15)11(6-3-7-13-8-11)14-9-4-1-2-5-9/h9,13-14H,1-8H2,(H2,12,15). The minimum Gasteiger partial charge on any atom is -0.368 e. The van der Waals surface area contributed by atoms with Crippen molar-refractivity contribution in [1.29, 1.82) is 0 Å². The summed E-state index contributed by atoms with van der Waals surface area (Å²) in [5.74, 6) is -0.193. The molecule has 1 heterocycles. The van der Waals surface area contributed by atoms with Crippen molar-refractivity contribution < 1.29 is 4.79 Å². The lowest BCUT2D eigenvalue weighted by atomic mass is 9.88. The lowest BCUT2D eigenvalue weighted by Gasteiger charge is -2.38. The Hall–Kier alpha value is -0.610. The number of nitrogens with two attached hydrogens (primary N) is 1. The maximum atomic E-state index is 11.6. The molecule has 4 nitrogen and oxygen atoms in total. The van der Waals surface area contributed by atoms with E-state index in [0.29, 0.717) is 12.6 Å². The van der Waals surface area contributed by atoms with Gasteiger partial charge in [0.25, 0.3) is 0 Å². The number of carbonyl (C=O) groups excluding carboxylic acids is 1. The molecular formula is C11H21N3O. The van der Waals surface area contributed by atoms with Crippen LogP contribution in [0.5, 0.6) is 0 Å². The van der Waals surface area contributed by atoms with Crippen LogP contribution in [0.25, 0.3) is 0 Å². The summed E-state index contributed by atoms with van der Waals surface area (Å²) in [6, 6.07) is 0.498. The summed E-state index contributed by atoms with van der Waals surface area (Å²) in [6.07, 6.45) is 6.85. The van der Waals surface area contributed by atoms with E-state index in [0.717, 1.165) is 19.4 Å². The van der Waals surface area contributed by atoms with E-state index in [2.05, 4.69) is 10.6 Å². The predicted octanol–water partition coefficient (Wildman–Crippen LogP) is 0.126. The molecule has 4 N–H and O–H groups in total. The Bertz CT molecular complexity index is 230. The first-order valence-corrected chi connectivity index (χ1v) is 6.01. The van der Waals surface area contributed by atoms with Crippen LogP contribution in [-0.2, 0) is 4.79 Å². The zero-order chi connectivity index (χ0) is 10.7. The summed E-state index contributed by atoms with van der Waals surface area (Å²) in [5.41, 5.74) is 5.06. The molecular weight excluding hydrogens is 190 g/mol. The lowest BCUT2D eigenvalue weighted by Crippen LogP contribution is -2.65. The summed E-state index contributed by atoms with van der Waals surface area (Å²) in [6.45, 7) is 1.69. The van der Waals surface area contributed by atoms with Crippen LogP contribution in [0.1, 0.15) is 38.5 Å². The van der Waals surface area contributed by atoms with Crippen LogP contribution in [0.4, 0.5) is 0 Å². The van der Waals surface area contributed by atoms with Crippen LogP contribution in [0.15, 0.2) is 0 Å². The Morgan fingerprint density at radius 3 is 2.60 bits per heavy atom. The Morgan fingerprint density at radius 1 is 1.33 bits per heavy atom. The normalized spacial score (nSPS) is 33.1. The molecule has 1 unspecified atom stereocenters. The van der Waals surface area contributed by atoms with E-state index in [9.17, 15) is 4.79 Å². The fourth-order valence-corrected chi connectivity index (χ4v) is 2.77. The minimum atomic E-state index is -0.479. The van der Waals surface area contributed by atoms with Crippen molar-refractivity contribution >= 4 is 5.91 Å². The molecule has 1 aliphatic carbocycles. The molecule has 86 valence electrons. The molecule has 0 spiro atoms. The fraction of sp³-hybridized carbons (Fsp3) is 0.909. The first kappa shape index (κ1) is 10.9. The van der Waals surface area contributed by atoms with Crippen molar-refractivity contribution in [3.63, 3.8) is 0 Å². The first-order chi connectivity index (χ1) is 7.23. The van der Waals surface area contributed by atoms with Gasteiger partial charge in [-0.3, -0.25) is 10.1 Å². The lowest BCUT2D eigenvalue weighted by molar-refractivity contribution is -0.125. The average Bonchev–Trinajstić information content (AvgIpc) is 2.71. The molecule has 4 heteroatoms. The average molecular weight is 211 g/mol. The van der Waals surface area contributed by atoms with Crippen LogP contribution in [-0.4, -0.2) is 30.6 Å². The molecule has 1 aliphatic heterocycles. The molecule has 2 aliphatic rings. The summed E-state index contributed by atoms with van der Waals surface area (Å²) < 4.78 is 0. The monoisotopic (exact) mass is 211 g/mol. The van der Waals surface area contributed by atoms with Crippen LogP contribution in [0.2, 0.25) is 0 Å². The third-order valence-corrected chi connectivity index (χ3v) is 3.69. The molecule has 2 rings (SSSR count). The van der Waals surface area contributed by atoms with E-state index in [1.807, 2.05) is 0 Å². The van der Waals surface area contributed by atoms with E-state index < -0.39 is 5.54 Å². The number of hydrogen-bond acceptors (Lipinski definition) is 3. The predicted molar refractivity (Wildman–Crippen MR) is 59.4 cm³/mol. The zero-order valence-corrected chi connectivity index (χ0v) is 9.22. The van der Waals surface area contributed by atoms with Crippen LogP contribution in [0, 0.1) is 0 Å². The Kier molecular flexibility index (Phi) is 3.26. The van der Waals surface area contributed by atoms with Gasteiger partial charge in [0.2, 0.25) is 5.91 Å². The van der Waals surface area contributed by atoms with Gasteiger partial charge in [-0.25, -0.2) is 0 Å². The highest BCUT2D eigenvalue weighted by Crippen LogP contribution is 2.23. The second-order valence-electron chi connectivity index (χ2n) is 4.85. The molecule has 0 aromatic heterocycles. The van der Waals surface area contributed by atoms with E-state index in [-0.39, 0.29) is 5.91 Å². The summed E-state index contributed by atoms with van der Waals surface area (Å²) in [7, 11) is 0. The number of nitrogens with one attached hydrogen (secondary N) is 2. The molecule has 0 radical (unpaired) electrons. The number of carbonyl (C=O) groups is 1. The van der Waals surface area contributed by atoms with Crippen LogP contribution >= 0.6 is 0 Å². The van der Waals surface area contributed by atoms with Crippen molar-refractivity contribution in [2.75, 3.05) is 13.1 Å². The van der Waals surface area contributed by atoms with Gasteiger partial charge in [0.1, 0.15) is 5.54 Å². The zero-order valence-electron chi connectivity index (χ0n) is 9.22. The Labute approximate surface area is 91.0 Å². The molecule has 0 bridgehead atoms. The van der Waals surface area contributed by atoms with Crippen LogP contribution in [0.3, 0.4) is 0 Å². The number of hydrogen-bond donors (Lipinski definition) is 3. The number of primary amides is 1. The highest BCUT2D eigenvalue weighted by Gasteiger charge is 2.39.